The van der Waals surface area contributed by atoms with Gasteiger partial charge in [-0.05, 0) is 32.9 Å². The first-order valence-corrected chi connectivity index (χ1v) is 9.71. The first-order valence-electron chi connectivity index (χ1n) is 8.27. The van der Waals surface area contributed by atoms with Crippen molar-refractivity contribution in [3.63, 3.8) is 0 Å². The van der Waals surface area contributed by atoms with E-state index in [1.165, 1.54) is 11.8 Å². The highest BCUT2D eigenvalue weighted by atomic mass is 32.2. The predicted octanol–water partition coefficient (Wildman–Crippen LogP) is 2.11. The van der Waals surface area contributed by atoms with Gasteiger partial charge >= 0.3 is 0 Å². The van der Waals surface area contributed by atoms with Crippen molar-refractivity contribution >= 4 is 15.7 Å². The van der Waals surface area contributed by atoms with Gasteiger partial charge in [-0.2, -0.15) is 9.40 Å². The molecule has 1 fully saturated rings. The van der Waals surface area contributed by atoms with E-state index in [-0.39, 0.29) is 10.9 Å². The number of aromatic nitrogens is 2. The lowest BCUT2D eigenvalue weighted by molar-refractivity contribution is 0.342. The quantitative estimate of drug-likeness (QED) is 0.849. The monoisotopic (exact) mass is 348 g/mol. The Morgan fingerprint density at radius 3 is 2.50 bits per heavy atom. The van der Waals surface area contributed by atoms with Gasteiger partial charge in [0, 0.05) is 44.1 Å². The van der Waals surface area contributed by atoms with Gasteiger partial charge in [-0.1, -0.05) is 17.7 Å². The number of aryl methyl sites for hydroxylation is 2. The molecule has 1 saturated heterocycles. The molecule has 1 atom stereocenters. The summed E-state index contributed by atoms with van der Waals surface area (Å²) in [5, 5.41) is 4.09. The molecule has 0 aliphatic carbocycles. The summed E-state index contributed by atoms with van der Waals surface area (Å²) in [5.74, 6) is 0. The van der Waals surface area contributed by atoms with Crippen molar-refractivity contribution in [1.82, 2.24) is 14.1 Å². The van der Waals surface area contributed by atoms with Crippen LogP contribution < -0.4 is 4.90 Å². The standard InChI is InChI=1S/C17H24N4O2S/c1-4-19-13-17(11-18-19)24(22,23)20-9-10-21(15(3)12-20)16-7-5-14(2)6-8-16/h5-8,11,13,15H,4,9-10,12H2,1-3H3/t15-/m1/s1. The number of benzene rings is 1. The Morgan fingerprint density at radius 2 is 1.92 bits per heavy atom. The van der Waals surface area contributed by atoms with Crippen LogP contribution in [-0.4, -0.2) is 48.2 Å². The summed E-state index contributed by atoms with van der Waals surface area (Å²) in [5.41, 5.74) is 2.37. The molecule has 2 heterocycles. The van der Waals surface area contributed by atoms with Crippen LogP contribution >= 0.6 is 0 Å². The molecular formula is C17H24N4O2S. The van der Waals surface area contributed by atoms with Crippen LogP contribution in [0.2, 0.25) is 0 Å². The third-order valence-corrected chi connectivity index (χ3v) is 6.35. The van der Waals surface area contributed by atoms with Gasteiger partial charge in [-0.25, -0.2) is 8.42 Å². The van der Waals surface area contributed by atoms with Crippen LogP contribution in [0.25, 0.3) is 0 Å². The number of sulfonamides is 1. The van der Waals surface area contributed by atoms with Crippen LogP contribution in [0, 0.1) is 6.92 Å². The van der Waals surface area contributed by atoms with E-state index in [1.54, 1.807) is 15.2 Å². The number of hydrogen-bond donors (Lipinski definition) is 0. The molecule has 1 aromatic heterocycles. The highest BCUT2D eigenvalue weighted by molar-refractivity contribution is 7.89. The van der Waals surface area contributed by atoms with Crippen LogP contribution in [-0.2, 0) is 16.6 Å². The second-order valence-corrected chi connectivity index (χ2v) is 8.21. The molecule has 1 aromatic carbocycles. The number of hydrogen-bond acceptors (Lipinski definition) is 4. The molecule has 3 rings (SSSR count). The van der Waals surface area contributed by atoms with Crippen molar-refractivity contribution in [3.8, 4) is 0 Å². The normalized spacial score (nSPS) is 19.6. The first-order chi connectivity index (χ1) is 11.4. The van der Waals surface area contributed by atoms with Crippen LogP contribution in [0.15, 0.2) is 41.6 Å². The summed E-state index contributed by atoms with van der Waals surface area (Å²) in [6.07, 6.45) is 3.04. The largest absolute Gasteiger partial charge is 0.366 e. The molecule has 0 unspecified atom stereocenters. The van der Waals surface area contributed by atoms with Crippen LogP contribution in [0.1, 0.15) is 19.4 Å². The number of rotatable bonds is 4. The Kier molecular flexibility index (Phi) is 4.64. The SMILES string of the molecule is CCn1cc(S(=O)(=O)N2CCN(c3ccc(C)cc3)[C@H](C)C2)cn1. The van der Waals surface area contributed by atoms with E-state index < -0.39 is 10.0 Å². The molecule has 1 aliphatic rings. The average molecular weight is 348 g/mol. The van der Waals surface area contributed by atoms with E-state index in [2.05, 4.69) is 48.1 Å². The van der Waals surface area contributed by atoms with Gasteiger partial charge in [-0.15, -0.1) is 0 Å². The second kappa shape index (κ2) is 6.57. The molecule has 0 N–H and O–H groups in total. The lowest BCUT2D eigenvalue weighted by Gasteiger charge is -2.40. The van der Waals surface area contributed by atoms with E-state index in [9.17, 15) is 8.42 Å². The molecule has 2 aromatic rings. The summed E-state index contributed by atoms with van der Waals surface area (Å²) < 4.78 is 28.8. The topological polar surface area (TPSA) is 58.4 Å². The number of anilines is 1. The summed E-state index contributed by atoms with van der Waals surface area (Å²) in [6.45, 7) is 8.38. The Bertz CT molecular complexity index is 798. The van der Waals surface area contributed by atoms with E-state index >= 15 is 0 Å². The Labute approximate surface area is 143 Å². The Hall–Kier alpha value is -1.86. The van der Waals surface area contributed by atoms with Crippen molar-refractivity contribution in [1.29, 1.82) is 0 Å². The fraction of sp³-hybridized carbons (Fsp3) is 0.471. The van der Waals surface area contributed by atoms with Gasteiger partial charge < -0.3 is 4.90 Å². The molecule has 0 spiro atoms. The minimum absolute atomic E-state index is 0.123. The number of piperazine rings is 1. The smallest absolute Gasteiger partial charge is 0.246 e. The fourth-order valence-corrected chi connectivity index (χ4v) is 4.53. The summed E-state index contributed by atoms with van der Waals surface area (Å²) in [4.78, 5) is 2.54. The third kappa shape index (κ3) is 3.18. The Morgan fingerprint density at radius 1 is 1.21 bits per heavy atom. The molecule has 1 aliphatic heterocycles. The van der Waals surface area contributed by atoms with Gasteiger partial charge in [0.05, 0.1) is 6.20 Å². The van der Waals surface area contributed by atoms with E-state index in [0.717, 1.165) is 5.69 Å². The van der Waals surface area contributed by atoms with Gasteiger partial charge in [0.2, 0.25) is 10.0 Å². The molecular weight excluding hydrogens is 324 g/mol. The average Bonchev–Trinajstić information content (AvgIpc) is 3.06. The lowest BCUT2D eigenvalue weighted by Crippen LogP contribution is -2.53. The maximum Gasteiger partial charge on any atom is 0.246 e. The Balaban J connectivity index is 1.76. The van der Waals surface area contributed by atoms with Crippen LogP contribution in [0.4, 0.5) is 5.69 Å². The highest BCUT2D eigenvalue weighted by Gasteiger charge is 2.33. The maximum atomic E-state index is 12.8. The predicted molar refractivity (Wildman–Crippen MR) is 94.6 cm³/mol. The molecule has 24 heavy (non-hydrogen) atoms. The zero-order valence-electron chi connectivity index (χ0n) is 14.4. The summed E-state index contributed by atoms with van der Waals surface area (Å²) in [7, 11) is -3.47. The molecule has 0 radical (unpaired) electrons. The van der Waals surface area contributed by atoms with Gasteiger partial charge in [0.1, 0.15) is 4.90 Å². The minimum Gasteiger partial charge on any atom is -0.366 e. The minimum atomic E-state index is -3.47. The molecule has 6 nitrogen and oxygen atoms in total. The highest BCUT2D eigenvalue weighted by Crippen LogP contribution is 2.24. The fourth-order valence-electron chi connectivity index (χ4n) is 3.06. The summed E-state index contributed by atoms with van der Waals surface area (Å²) >= 11 is 0. The van der Waals surface area contributed by atoms with Crippen molar-refractivity contribution in [2.75, 3.05) is 24.5 Å². The van der Waals surface area contributed by atoms with Crippen molar-refractivity contribution in [2.24, 2.45) is 0 Å². The molecule has 7 heteroatoms. The van der Waals surface area contributed by atoms with Crippen molar-refractivity contribution in [2.45, 2.75) is 38.3 Å². The van der Waals surface area contributed by atoms with Gasteiger partial charge in [0.15, 0.2) is 0 Å². The van der Waals surface area contributed by atoms with E-state index in [4.69, 9.17) is 0 Å². The molecule has 0 amide bonds. The summed E-state index contributed by atoms with van der Waals surface area (Å²) in [6, 6.07) is 8.49. The van der Waals surface area contributed by atoms with E-state index in [1.807, 2.05) is 6.92 Å². The molecule has 0 saturated carbocycles. The second-order valence-electron chi connectivity index (χ2n) is 6.27. The molecule has 0 bridgehead atoms. The maximum absolute atomic E-state index is 12.8. The molecule has 130 valence electrons. The first kappa shape index (κ1) is 17.0. The lowest BCUT2D eigenvalue weighted by atomic mass is 10.1. The third-order valence-electron chi connectivity index (χ3n) is 4.53. The zero-order valence-corrected chi connectivity index (χ0v) is 15.2. The van der Waals surface area contributed by atoms with Gasteiger partial charge in [0.25, 0.3) is 0 Å². The van der Waals surface area contributed by atoms with Gasteiger partial charge in [-0.3, -0.25) is 4.68 Å². The van der Waals surface area contributed by atoms with Crippen LogP contribution in [0.5, 0.6) is 0 Å². The zero-order chi connectivity index (χ0) is 17.3. The number of nitrogens with zero attached hydrogens (tertiary/aromatic N) is 4. The van der Waals surface area contributed by atoms with Crippen LogP contribution in [0.3, 0.4) is 0 Å². The van der Waals surface area contributed by atoms with Crippen molar-refractivity contribution in [3.05, 3.63) is 42.2 Å². The van der Waals surface area contributed by atoms with E-state index in [0.29, 0.717) is 26.2 Å². The van der Waals surface area contributed by atoms with Crippen molar-refractivity contribution < 1.29 is 8.42 Å².